The number of benzene rings is 1. The lowest BCUT2D eigenvalue weighted by molar-refractivity contribution is 0.0632. The zero-order valence-electron chi connectivity index (χ0n) is 12.5. The summed E-state index contributed by atoms with van der Waals surface area (Å²) in [6, 6.07) is 10.2. The van der Waals surface area contributed by atoms with E-state index < -0.39 is 0 Å². The van der Waals surface area contributed by atoms with Gasteiger partial charge in [0.1, 0.15) is 5.82 Å². The molecular weight excluding hydrogens is 313 g/mol. The number of hydrogen-bond acceptors (Lipinski definition) is 4. The van der Waals surface area contributed by atoms with E-state index in [1.165, 1.54) is 23.5 Å². The highest BCUT2D eigenvalue weighted by Crippen LogP contribution is 2.17. The van der Waals surface area contributed by atoms with Crippen molar-refractivity contribution in [1.29, 1.82) is 5.26 Å². The van der Waals surface area contributed by atoms with Crippen LogP contribution in [0.25, 0.3) is 0 Å². The summed E-state index contributed by atoms with van der Waals surface area (Å²) in [7, 11) is 0. The Morgan fingerprint density at radius 2 is 2.04 bits per heavy atom. The van der Waals surface area contributed by atoms with E-state index in [4.69, 9.17) is 5.26 Å². The average Bonchev–Trinajstić information content (AvgIpc) is 3.11. The molecule has 0 radical (unpaired) electrons. The van der Waals surface area contributed by atoms with Gasteiger partial charge in [-0.15, -0.1) is 11.3 Å². The van der Waals surface area contributed by atoms with Crippen LogP contribution in [-0.4, -0.2) is 41.9 Å². The Kier molecular flexibility index (Phi) is 4.70. The molecule has 3 rings (SSSR count). The number of piperazine rings is 1. The molecule has 1 aromatic carbocycles. The fourth-order valence-electron chi connectivity index (χ4n) is 2.67. The van der Waals surface area contributed by atoms with Crippen molar-refractivity contribution < 1.29 is 9.18 Å². The van der Waals surface area contributed by atoms with E-state index in [1.807, 2.05) is 28.5 Å². The van der Waals surface area contributed by atoms with Gasteiger partial charge in [0.2, 0.25) is 0 Å². The number of rotatable bonds is 3. The first-order valence-corrected chi connectivity index (χ1v) is 8.29. The highest BCUT2D eigenvalue weighted by atomic mass is 32.1. The molecule has 0 unspecified atom stereocenters. The fraction of sp³-hybridized carbons (Fsp3) is 0.294. The van der Waals surface area contributed by atoms with Crippen molar-refractivity contribution in [3.05, 3.63) is 57.5 Å². The second kappa shape index (κ2) is 6.90. The number of carbonyl (C=O) groups excluding carboxylic acids is 1. The number of halogens is 1. The van der Waals surface area contributed by atoms with E-state index in [1.54, 1.807) is 6.07 Å². The van der Waals surface area contributed by atoms with Gasteiger partial charge in [-0.25, -0.2) is 4.39 Å². The lowest BCUT2D eigenvalue weighted by atomic mass is 10.1. The number of amides is 1. The summed E-state index contributed by atoms with van der Waals surface area (Å²) in [5, 5.41) is 10.8. The molecule has 1 saturated heterocycles. The molecule has 23 heavy (non-hydrogen) atoms. The van der Waals surface area contributed by atoms with Gasteiger partial charge in [0.15, 0.2) is 0 Å². The monoisotopic (exact) mass is 329 g/mol. The van der Waals surface area contributed by atoms with Crippen molar-refractivity contribution in [1.82, 2.24) is 9.80 Å². The fourth-order valence-corrected chi connectivity index (χ4v) is 3.36. The van der Waals surface area contributed by atoms with Gasteiger partial charge in [-0.1, -0.05) is 6.07 Å². The lowest BCUT2D eigenvalue weighted by Crippen LogP contribution is -2.48. The van der Waals surface area contributed by atoms with Gasteiger partial charge in [0, 0.05) is 38.3 Å². The molecule has 2 aromatic rings. The van der Waals surface area contributed by atoms with Crippen LogP contribution in [0.3, 0.4) is 0 Å². The van der Waals surface area contributed by atoms with Crippen LogP contribution in [0.15, 0.2) is 35.7 Å². The second-order valence-electron chi connectivity index (χ2n) is 5.46. The van der Waals surface area contributed by atoms with Gasteiger partial charge in [-0.05, 0) is 29.6 Å². The minimum Gasteiger partial charge on any atom is -0.335 e. The summed E-state index contributed by atoms with van der Waals surface area (Å²) < 4.78 is 13.9. The predicted octanol–water partition coefficient (Wildman–Crippen LogP) is 2.72. The van der Waals surface area contributed by atoms with E-state index in [0.29, 0.717) is 43.9 Å². The maximum atomic E-state index is 13.9. The summed E-state index contributed by atoms with van der Waals surface area (Å²) in [5.74, 6) is -0.224. The first-order valence-electron chi connectivity index (χ1n) is 7.41. The van der Waals surface area contributed by atoms with Crippen LogP contribution in [0.5, 0.6) is 0 Å². The molecule has 0 atom stereocenters. The molecule has 1 aliphatic rings. The molecule has 1 fully saturated rings. The van der Waals surface area contributed by atoms with Crippen molar-refractivity contribution in [3.8, 4) is 6.07 Å². The van der Waals surface area contributed by atoms with Gasteiger partial charge in [-0.3, -0.25) is 9.69 Å². The standard InChI is InChI=1S/C17H16FN3OS/c18-15-4-3-13(11-19)10-14(15)12-20-5-7-21(8-6-20)17(22)16-2-1-9-23-16/h1-4,9-10H,5-8,12H2. The Bertz CT molecular complexity index is 731. The van der Waals surface area contributed by atoms with Crippen molar-refractivity contribution in [3.63, 3.8) is 0 Å². The number of thiophene rings is 1. The van der Waals surface area contributed by atoms with Gasteiger partial charge in [0.05, 0.1) is 16.5 Å². The summed E-state index contributed by atoms with van der Waals surface area (Å²) in [5.41, 5.74) is 0.995. The SMILES string of the molecule is N#Cc1ccc(F)c(CN2CCN(C(=O)c3cccs3)CC2)c1. The molecule has 1 amide bonds. The third-order valence-corrected chi connectivity index (χ3v) is 4.82. The van der Waals surface area contributed by atoms with Crippen LogP contribution >= 0.6 is 11.3 Å². The largest absolute Gasteiger partial charge is 0.335 e. The number of hydrogen-bond donors (Lipinski definition) is 0. The topological polar surface area (TPSA) is 47.3 Å². The van der Waals surface area contributed by atoms with Crippen LogP contribution in [0, 0.1) is 17.1 Å². The third kappa shape index (κ3) is 3.58. The summed E-state index contributed by atoms with van der Waals surface area (Å²) in [6.45, 7) is 3.13. The number of nitrogens with zero attached hydrogens (tertiary/aromatic N) is 3. The lowest BCUT2D eigenvalue weighted by Gasteiger charge is -2.34. The summed E-state index contributed by atoms with van der Waals surface area (Å²) in [4.78, 5) is 17.0. The molecule has 4 nitrogen and oxygen atoms in total. The van der Waals surface area contributed by atoms with Crippen molar-refractivity contribution in [2.75, 3.05) is 26.2 Å². The molecule has 1 aliphatic heterocycles. The highest BCUT2D eigenvalue weighted by molar-refractivity contribution is 7.12. The molecule has 2 heterocycles. The Balaban J connectivity index is 1.59. The first kappa shape index (κ1) is 15.7. The van der Waals surface area contributed by atoms with Crippen LogP contribution in [0.4, 0.5) is 4.39 Å². The van der Waals surface area contributed by atoms with Crippen molar-refractivity contribution in [2.45, 2.75) is 6.54 Å². The molecule has 0 bridgehead atoms. The third-order valence-electron chi connectivity index (χ3n) is 3.96. The smallest absolute Gasteiger partial charge is 0.264 e. The Labute approximate surface area is 138 Å². The van der Waals surface area contributed by atoms with Crippen molar-refractivity contribution in [2.24, 2.45) is 0 Å². The van der Waals surface area contributed by atoms with Gasteiger partial charge >= 0.3 is 0 Å². The molecule has 0 saturated carbocycles. The number of nitriles is 1. The molecule has 118 valence electrons. The molecule has 0 aliphatic carbocycles. The van der Waals surface area contributed by atoms with Gasteiger partial charge in [-0.2, -0.15) is 5.26 Å². The summed E-state index contributed by atoms with van der Waals surface area (Å²) in [6.07, 6.45) is 0. The van der Waals surface area contributed by atoms with Crippen molar-refractivity contribution >= 4 is 17.2 Å². The van der Waals surface area contributed by atoms with E-state index >= 15 is 0 Å². The minimum absolute atomic E-state index is 0.0670. The molecule has 0 spiro atoms. The Morgan fingerprint density at radius 1 is 1.26 bits per heavy atom. The maximum Gasteiger partial charge on any atom is 0.264 e. The molecule has 1 aromatic heterocycles. The van der Waals surface area contributed by atoms with Gasteiger partial charge in [0.25, 0.3) is 5.91 Å². The maximum absolute atomic E-state index is 13.9. The van der Waals surface area contributed by atoms with Crippen LogP contribution in [0.1, 0.15) is 20.8 Å². The Morgan fingerprint density at radius 3 is 2.70 bits per heavy atom. The predicted molar refractivity (Wildman–Crippen MR) is 86.6 cm³/mol. The van der Waals surface area contributed by atoms with E-state index in [2.05, 4.69) is 4.90 Å². The van der Waals surface area contributed by atoms with Crippen LogP contribution < -0.4 is 0 Å². The molecule has 6 heteroatoms. The zero-order chi connectivity index (χ0) is 16.2. The van der Waals surface area contributed by atoms with E-state index in [9.17, 15) is 9.18 Å². The van der Waals surface area contributed by atoms with Gasteiger partial charge < -0.3 is 4.90 Å². The summed E-state index contributed by atoms with van der Waals surface area (Å²) >= 11 is 1.45. The number of carbonyl (C=O) groups is 1. The first-order chi connectivity index (χ1) is 11.2. The zero-order valence-corrected chi connectivity index (χ0v) is 13.4. The average molecular weight is 329 g/mol. The van der Waals surface area contributed by atoms with E-state index in [-0.39, 0.29) is 11.7 Å². The minimum atomic E-state index is -0.291. The highest BCUT2D eigenvalue weighted by Gasteiger charge is 2.23. The Hall–Kier alpha value is -2.23. The van der Waals surface area contributed by atoms with E-state index in [0.717, 1.165) is 4.88 Å². The van der Waals surface area contributed by atoms with Crippen LogP contribution in [0.2, 0.25) is 0 Å². The van der Waals surface area contributed by atoms with Crippen LogP contribution in [-0.2, 0) is 6.54 Å². The quantitative estimate of drug-likeness (QED) is 0.870. The normalized spacial score (nSPS) is 15.4. The molecular formula is C17H16FN3OS. The molecule has 0 N–H and O–H groups in total. The second-order valence-corrected chi connectivity index (χ2v) is 6.41.